The number of nitrogens with one attached hydrogen (secondary N) is 1. The number of hydrogen-bond donors (Lipinski definition) is 1. The van der Waals surface area contributed by atoms with Crippen LogP contribution in [-0.2, 0) is 14.8 Å². The van der Waals surface area contributed by atoms with Crippen LogP contribution < -0.4 is 4.72 Å². The van der Waals surface area contributed by atoms with Gasteiger partial charge in [0.1, 0.15) is 11.5 Å². The van der Waals surface area contributed by atoms with Crippen LogP contribution in [0.4, 0.5) is 0 Å². The highest BCUT2D eigenvalue weighted by molar-refractivity contribution is 7.90. The van der Waals surface area contributed by atoms with E-state index < -0.39 is 15.9 Å². The maximum absolute atomic E-state index is 12.4. The second kappa shape index (κ2) is 7.13. The number of carbonyl (C=O) groups is 1. The van der Waals surface area contributed by atoms with Gasteiger partial charge in [0.2, 0.25) is 5.91 Å². The van der Waals surface area contributed by atoms with E-state index >= 15 is 0 Å². The summed E-state index contributed by atoms with van der Waals surface area (Å²) >= 11 is 0. The average Bonchev–Trinajstić information content (AvgIpc) is 3.03. The Morgan fingerprint density at radius 3 is 2.46 bits per heavy atom. The van der Waals surface area contributed by atoms with Crippen molar-refractivity contribution in [2.24, 2.45) is 0 Å². The minimum atomic E-state index is -3.93. The van der Waals surface area contributed by atoms with Crippen molar-refractivity contribution in [3.05, 3.63) is 60.4 Å². The van der Waals surface area contributed by atoms with Crippen molar-refractivity contribution in [3.8, 4) is 22.4 Å². The van der Waals surface area contributed by atoms with Gasteiger partial charge in [0, 0.05) is 12.0 Å². The molecule has 7 heteroatoms. The first-order chi connectivity index (χ1) is 12.4. The van der Waals surface area contributed by atoms with Crippen molar-refractivity contribution in [1.29, 1.82) is 0 Å². The van der Waals surface area contributed by atoms with E-state index in [9.17, 15) is 13.2 Å². The van der Waals surface area contributed by atoms with E-state index in [2.05, 4.69) is 5.16 Å². The number of amides is 1. The summed E-state index contributed by atoms with van der Waals surface area (Å²) in [6, 6.07) is 15.9. The van der Waals surface area contributed by atoms with Gasteiger partial charge in [0.15, 0.2) is 0 Å². The molecule has 0 bridgehead atoms. The van der Waals surface area contributed by atoms with Crippen LogP contribution in [-0.4, -0.2) is 19.5 Å². The van der Waals surface area contributed by atoms with Gasteiger partial charge in [-0.15, -0.1) is 0 Å². The van der Waals surface area contributed by atoms with E-state index in [4.69, 9.17) is 4.52 Å². The highest BCUT2D eigenvalue weighted by Crippen LogP contribution is 2.34. The van der Waals surface area contributed by atoms with Gasteiger partial charge >= 0.3 is 0 Å². The Morgan fingerprint density at radius 2 is 1.77 bits per heavy atom. The summed E-state index contributed by atoms with van der Waals surface area (Å²) in [5.41, 5.74) is 2.87. The lowest BCUT2D eigenvalue weighted by Crippen LogP contribution is -2.29. The Hall–Kier alpha value is -2.93. The van der Waals surface area contributed by atoms with Crippen LogP contribution in [0.2, 0.25) is 0 Å². The molecule has 1 N–H and O–H groups in total. The van der Waals surface area contributed by atoms with Gasteiger partial charge in [-0.1, -0.05) is 54.5 Å². The number of aryl methyl sites for hydroxylation is 1. The van der Waals surface area contributed by atoms with E-state index in [1.807, 2.05) is 35.1 Å². The van der Waals surface area contributed by atoms with E-state index in [1.165, 1.54) is 12.1 Å². The number of carbonyl (C=O) groups excluding carboxylic acids is 1. The van der Waals surface area contributed by atoms with Gasteiger partial charge in [-0.2, -0.15) is 0 Å². The third-order valence-electron chi connectivity index (χ3n) is 3.91. The molecular weight excluding hydrogens is 352 g/mol. The first kappa shape index (κ1) is 17.9. The maximum atomic E-state index is 12.4. The zero-order valence-electron chi connectivity index (χ0n) is 14.4. The molecule has 0 aliphatic carbocycles. The van der Waals surface area contributed by atoms with Gasteiger partial charge in [-0.25, -0.2) is 13.1 Å². The van der Waals surface area contributed by atoms with Crippen LogP contribution in [0.25, 0.3) is 22.4 Å². The third-order valence-corrected chi connectivity index (χ3v) is 5.28. The molecule has 1 amide bonds. The van der Waals surface area contributed by atoms with Crippen molar-refractivity contribution >= 4 is 15.9 Å². The molecule has 1 aromatic heterocycles. The monoisotopic (exact) mass is 370 g/mol. The van der Waals surface area contributed by atoms with Crippen molar-refractivity contribution in [2.75, 3.05) is 0 Å². The quantitative estimate of drug-likeness (QED) is 0.742. The summed E-state index contributed by atoms with van der Waals surface area (Å²) in [6.07, 6.45) is 0.0829. The van der Waals surface area contributed by atoms with E-state index in [0.717, 1.165) is 11.1 Å². The number of aromatic nitrogens is 1. The van der Waals surface area contributed by atoms with Crippen molar-refractivity contribution in [3.63, 3.8) is 0 Å². The topological polar surface area (TPSA) is 89.3 Å². The van der Waals surface area contributed by atoms with Gasteiger partial charge in [0.05, 0.1) is 10.5 Å². The SMILES string of the molecule is CCC(=O)NS(=O)(=O)c1cccc(-c2noc(C)c2-c2ccccc2)c1. The second-order valence-electron chi connectivity index (χ2n) is 5.74. The molecular formula is C19H18N2O4S. The molecule has 0 atom stereocenters. The summed E-state index contributed by atoms with van der Waals surface area (Å²) in [5.74, 6) is 0.0800. The Balaban J connectivity index is 2.07. The fourth-order valence-electron chi connectivity index (χ4n) is 2.61. The summed E-state index contributed by atoms with van der Waals surface area (Å²) in [6.45, 7) is 3.40. The second-order valence-corrected chi connectivity index (χ2v) is 7.42. The Labute approximate surface area is 151 Å². The fraction of sp³-hybridized carbons (Fsp3) is 0.158. The van der Waals surface area contributed by atoms with Crippen LogP contribution in [0.15, 0.2) is 64.0 Å². The third kappa shape index (κ3) is 3.52. The van der Waals surface area contributed by atoms with Crippen LogP contribution >= 0.6 is 0 Å². The zero-order chi connectivity index (χ0) is 18.7. The number of benzene rings is 2. The lowest BCUT2D eigenvalue weighted by Gasteiger charge is -2.08. The summed E-state index contributed by atoms with van der Waals surface area (Å²) < 4.78 is 32.1. The molecule has 3 rings (SSSR count). The number of hydrogen-bond acceptors (Lipinski definition) is 5. The molecule has 6 nitrogen and oxygen atoms in total. The lowest BCUT2D eigenvalue weighted by molar-refractivity contribution is -0.119. The number of sulfonamides is 1. The van der Waals surface area contributed by atoms with Gasteiger partial charge < -0.3 is 4.52 Å². The number of rotatable bonds is 5. The molecule has 0 saturated carbocycles. The molecule has 0 fully saturated rings. The van der Waals surface area contributed by atoms with Gasteiger partial charge in [-0.05, 0) is 24.6 Å². The summed E-state index contributed by atoms with van der Waals surface area (Å²) in [4.78, 5) is 11.5. The summed E-state index contributed by atoms with van der Waals surface area (Å²) in [7, 11) is -3.93. The van der Waals surface area contributed by atoms with Crippen molar-refractivity contribution in [1.82, 2.24) is 9.88 Å². The molecule has 0 aliphatic heterocycles. The predicted molar refractivity (Wildman–Crippen MR) is 97.7 cm³/mol. The minimum Gasteiger partial charge on any atom is -0.360 e. The van der Waals surface area contributed by atoms with Crippen LogP contribution in [0.5, 0.6) is 0 Å². The molecule has 0 radical (unpaired) electrons. The Morgan fingerprint density at radius 1 is 1.08 bits per heavy atom. The van der Waals surface area contributed by atoms with Crippen molar-refractivity contribution in [2.45, 2.75) is 25.2 Å². The summed E-state index contributed by atoms with van der Waals surface area (Å²) in [5, 5.41) is 4.11. The van der Waals surface area contributed by atoms with Gasteiger partial charge in [0.25, 0.3) is 10.0 Å². The minimum absolute atomic E-state index is 0.00327. The highest BCUT2D eigenvalue weighted by Gasteiger charge is 2.20. The largest absolute Gasteiger partial charge is 0.360 e. The average molecular weight is 370 g/mol. The molecule has 0 unspecified atom stereocenters. The molecule has 134 valence electrons. The first-order valence-corrected chi connectivity index (χ1v) is 9.58. The lowest BCUT2D eigenvalue weighted by atomic mass is 10.00. The molecule has 0 spiro atoms. The van der Waals surface area contributed by atoms with Crippen LogP contribution in [0, 0.1) is 6.92 Å². The standard InChI is InChI=1S/C19H18N2O4S/c1-3-17(22)21-26(23,24)16-11-7-10-15(12-16)19-18(13(2)25-20-19)14-8-5-4-6-9-14/h4-12H,3H2,1-2H3,(H,21,22). The van der Waals surface area contributed by atoms with E-state index in [-0.39, 0.29) is 11.3 Å². The Kier molecular flexibility index (Phi) is 4.90. The maximum Gasteiger partial charge on any atom is 0.264 e. The van der Waals surface area contributed by atoms with Crippen LogP contribution in [0.1, 0.15) is 19.1 Å². The number of nitrogens with zero attached hydrogens (tertiary/aromatic N) is 1. The molecule has 0 aliphatic rings. The zero-order valence-corrected chi connectivity index (χ0v) is 15.2. The van der Waals surface area contributed by atoms with E-state index in [1.54, 1.807) is 26.0 Å². The normalized spacial score (nSPS) is 11.3. The predicted octanol–water partition coefficient (Wildman–Crippen LogP) is 3.53. The highest BCUT2D eigenvalue weighted by atomic mass is 32.2. The molecule has 1 heterocycles. The molecule has 0 saturated heterocycles. The van der Waals surface area contributed by atoms with E-state index in [0.29, 0.717) is 17.0 Å². The van der Waals surface area contributed by atoms with Crippen LogP contribution in [0.3, 0.4) is 0 Å². The molecule has 3 aromatic rings. The molecule has 2 aromatic carbocycles. The Bertz CT molecular complexity index is 1040. The first-order valence-electron chi connectivity index (χ1n) is 8.10. The fourth-order valence-corrected chi connectivity index (χ4v) is 3.71. The van der Waals surface area contributed by atoms with Gasteiger partial charge in [-0.3, -0.25) is 4.79 Å². The van der Waals surface area contributed by atoms with Crippen molar-refractivity contribution < 1.29 is 17.7 Å². The smallest absolute Gasteiger partial charge is 0.264 e. The molecule has 26 heavy (non-hydrogen) atoms.